The van der Waals surface area contributed by atoms with Crippen LogP contribution < -0.4 is 10.1 Å². The molecule has 0 aliphatic carbocycles. The van der Waals surface area contributed by atoms with E-state index >= 15 is 0 Å². The van der Waals surface area contributed by atoms with E-state index in [2.05, 4.69) is 36.2 Å². The van der Waals surface area contributed by atoms with Gasteiger partial charge in [0.05, 0.1) is 13.2 Å². The van der Waals surface area contributed by atoms with E-state index in [0.717, 1.165) is 31.7 Å². The number of benzene rings is 1. The third-order valence-electron chi connectivity index (χ3n) is 4.29. The predicted molar refractivity (Wildman–Crippen MR) is 84.4 cm³/mol. The van der Waals surface area contributed by atoms with Crippen molar-refractivity contribution in [2.45, 2.75) is 45.2 Å². The normalized spacial score (nSPS) is 19.9. The fourth-order valence-electron chi connectivity index (χ4n) is 3.07. The second kappa shape index (κ2) is 7.46. The molecule has 21 heavy (non-hydrogen) atoms. The van der Waals surface area contributed by atoms with Crippen molar-refractivity contribution in [1.82, 2.24) is 10.2 Å². The monoisotopic (exact) mass is 290 g/mol. The molecule has 0 saturated carbocycles. The highest BCUT2D eigenvalue weighted by molar-refractivity contribution is 5.79. The molecule has 116 valence electrons. The van der Waals surface area contributed by atoms with Gasteiger partial charge >= 0.3 is 0 Å². The highest BCUT2D eigenvalue weighted by atomic mass is 16.5. The first-order valence-electron chi connectivity index (χ1n) is 7.83. The summed E-state index contributed by atoms with van der Waals surface area (Å²) in [5.41, 5.74) is 1.17. The molecule has 1 saturated heterocycles. The lowest BCUT2D eigenvalue weighted by Gasteiger charge is -2.31. The molecular formula is C17H26N2O2. The fourth-order valence-corrected chi connectivity index (χ4v) is 3.07. The molecule has 4 heteroatoms. The standard InChI is InChI=1S/C17H26N2O2/c1-4-18-12-11-15-7-10-17(20)19(15)13(2)14-5-8-16(21-3)9-6-14/h5-6,8-9,13,15,18H,4,7,10-12H2,1-3H3/t13-,15+/m1/s1. The van der Waals surface area contributed by atoms with Gasteiger partial charge in [0.1, 0.15) is 5.75 Å². The lowest BCUT2D eigenvalue weighted by molar-refractivity contribution is -0.131. The van der Waals surface area contributed by atoms with Gasteiger partial charge in [-0.05, 0) is 50.6 Å². The van der Waals surface area contributed by atoms with Crippen molar-refractivity contribution >= 4 is 5.91 Å². The summed E-state index contributed by atoms with van der Waals surface area (Å²) in [5.74, 6) is 1.13. The Hall–Kier alpha value is -1.55. The van der Waals surface area contributed by atoms with Crippen LogP contribution in [0.5, 0.6) is 5.75 Å². The first-order valence-corrected chi connectivity index (χ1v) is 7.83. The molecule has 0 unspecified atom stereocenters. The summed E-state index contributed by atoms with van der Waals surface area (Å²) >= 11 is 0. The molecule has 0 spiro atoms. The number of ether oxygens (including phenoxy) is 1. The first-order chi connectivity index (χ1) is 10.2. The zero-order valence-corrected chi connectivity index (χ0v) is 13.3. The van der Waals surface area contributed by atoms with Gasteiger partial charge in [-0.25, -0.2) is 0 Å². The van der Waals surface area contributed by atoms with E-state index in [9.17, 15) is 4.79 Å². The Morgan fingerprint density at radius 2 is 2.10 bits per heavy atom. The number of nitrogens with zero attached hydrogens (tertiary/aromatic N) is 1. The average molecular weight is 290 g/mol. The van der Waals surface area contributed by atoms with Gasteiger partial charge in [0, 0.05) is 12.5 Å². The molecule has 1 aromatic rings. The summed E-state index contributed by atoms with van der Waals surface area (Å²) in [4.78, 5) is 14.3. The predicted octanol–water partition coefficient (Wildman–Crippen LogP) is 2.75. The minimum absolute atomic E-state index is 0.123. The minimum Gasteiger partial charge on any atom is -0.497 e. The van der Waals surface area contributed by atoms with Crippen molar-refractivity contribution in [3.63, 3.8) is 0 Å². The van der Waals surface area contributed by atoms with Crippen LogP contribution >= 0.6 is 0 Å². The lowest BCUT2D eigenvalue weighted by Crippen LogP contribution is -2.37. The van der Waals surface area contributed by atoms with Gasteiger partial charge in [-0.15, -0.1) is 0 Å². The molecule has 1 aliphatic heterocycles. The van der Waals surface area contributed by atoms with Crippen molar-refractivity contribution in [2.75, 3.05) is 20.2 Å². The zero-order valence-electron chi connectivity index (χ0n) is 13.3. The number of hydrogen-bond donors (Lipinski definition) is 1. The van der Waals surface area contributed by atoms with Crippen LogP contribution in [0.15, 0.2) is 24.3 Å². The Labute approximate surface area is 127 Å². The molecule has 0 aromatic heterocycles. The number of amides is 1. The molecule has 4 nitrogen and oxygen atoms in total. The van der Waals surface area contributed by atoms with E-state index < -0.39 is 0 Å². The highest BCUT2D eigenvalue weighted by Gasteiger charge is 2.34. The van der Waals surface area contributed by atoms with Crippen LogP contribution in [0.25, 0.3) is 0 Å². The molecule has 1 aliphatic rings. The maximum atomic E-state index is 12.2. The van der Waals surface area contributed by atoms with Crippen LogP contribution in [0.2, 0.25) is 0 Å². The quantitative estimate of drug-likeness (QED) is 0.785. The SMILES string of the molecule is CCNCC[C@@H]1CCC(=O)N1[C@H](C)c1ccc(OC)cc1. The van der Waals surface area contributed by atoms with Crippen LogP contribution in [0.1, 0.15) is 44.7 Å². The van der Waals surface area contributed by atoms with Gasteiger partial charge in [0.25, 0.3) is 0 Å². The summed E-state index contributed by atoms with van der Waals surface area (Å²) in [6.07, 6.45) is 2.68. The van der Waals surface area contributed by atoms with Gasteiger partial charge in [0.2, 0.25) is 5.91 Å². The summed E-state index contributed by atoms with van der Waals surface area (Å²) < 4.78 is 5.19. The maximum absolute atomic E-state index is 12.2. The summed E-state index contributed by atoms with van der Waals surface area (Å²) in [6.45, 7) is 6.18. The number of rotatable bonds is 7. The number of nitrogens with one attached hydrogen (secondary N) is 1. The number of hydrogen-bond acceptors (Lipinski definition) is 3. The van der Waals surface area contributed by atoms with E-state index in [0.29, 0.717) is 12.5 Å². The summed E-state index contributed by atoms with van der Waals surface area (Å²) in [7, 11) is 1.67. The Morgan fingerprint density at radius 1 is 1.38 bits per heavy atom. The third-order valence-corrected chi connectivity index (χ3v) is 4.29. The Bertz CT molecular complexity index is 458. The molecule has 0 bridgehead atoms. The number of carbonyl (C=O) groups excluding carboxylic acids is 1. The molecule has 1 N–H and O–H groups in total. The second-order valence-electron chi connectivity index (χ2n) is 5.58. The number of likely N-dealkylation sites (tertiary alicyclic amines) is 1. The smallest absolute Gasteiger partial charge is 0.223 e. The van der Waals surface area contributed by atoms with Gasteiger partial charge < -0.3 is 15.0 Å². The average Bonchev–Trinajstić information content (AvgIpc) is 2.88. The molecule has 0 radical (unpaired) electrons. The van der Waals surface area contributed by atoms with E-state index in [-0.39, 0.29) is 11.9 Å². The largest absolute Gasteiger partial charge is 0.497 e. The molecule has 1 heterocycles. The first kappa shape index (κ1) is 15.8. The van der Waals surface area contributed by atoms with Gasteiger partial charge in [-0.2, -0.15) is 0 Å². The van der Waals surface area contributed by atoms with Crippen LogP contribution in [-0.4, -0.2) is 37.0 Å². The van der Waals surface area contributed by atoms with E-state index in [4.69, 9.17) is 4.74 Å². The molecule has 2 rings (SSSR count). The summed E-state index contributed by atoms with van der Waals surface area (Å²) in [5, 5.41) is 3.35. The van der Waals surface area contributed by atoms with Crippen molar-refractivity contribution in [2.24, 2.45) is 0 Å². The highest BCUT2D eigenvalue weighted by Crippen LogP contribution is 2.32. The van der Waals surface area contributed by atoms with Crippen molar-refractivity contribution in [1.29, 1.82) is 0 Å². The van der Waals surface area contributed by atoms with E-state index in [1.165, 1.54) is 5.56 Å². The zero-order chi connectivity index (χ0) is 15.2. The van der Waals surface area contributed by atoms with Crippen LogP contribution in [0.3, 0.4) is 0 Å². The van der Waals surface area contributed by atoms with Crippen LogP contribution in [0, 0.1) is 0 Å². The van der Waals surface area contributed by atoms with E-state index in [1.54, 1.807) is 7.11 Å². The maximum Gasteiger partial charge on any atom is 0.223 e. The van der Waals surface area contributed by atoms with Crippen LogP contribution in [0.4, 0.5) is 0 Å². The second-order valence-corrected chi connectivity index (χ2v) is 5.58. The van der Waals surface area contributed by atoms with Crippen molar-refractivity contribution in [3.05, 3.63) is 29.8 Å². The van der Waals surface area contributed by atoms with Gasteiger partial charge in [-0.3, -0.25) is 4.79 Å². The molecule has 2 atom stereocenters. The number of methoxy groups -OCH3 is 1. The summed E-state index contributed by atoms with van der Waals surface area (Å²) in [6, 6.07) is 8.50. The van der Waals surface area contributed by atoms with Crippen molar-refractivity contribution in [3.8, 4) is 5.75 Å². The topological polar surface area (TPSA) is 41.6 Å². The fraction of sp³-hybridized carbons (Fsp3) is 0.588. The van der Waals surface area contributed by atoms with Gasteiger partial charge in [-0.1, -0.05) is 19.1 Å². The Kier molecular flexibility index (Phi) is 5.62. The lowest BCUT2D eigenvalue weighted by atomic mass is 10.0. The minimum atomic E-state index is 0.123. The molecule has 1 fully saturated rings. The van der Waals surface area contributed by atoms with E-state index in [1.807, 2.05) is 12.1 Å². The van der Waals surface area contributed by atoms with Crippen LogP contribution in [-0.2, 0) is 4.79 Å². The Balaban J connectivity index is 2.06. The molecule has 1 aromatic carbocycles. The Morgan fingerprint density at radius 3 is 2.71 bits per heavy atom. The van der Waals surface area contributed by atoms with Crippen molar-refractivity contribution < 1.29 is 9.53 Å². The third kappa shape index (κ3) is 3.76. The van der Waals surface area contributed by atoms with Gasteiger partial charge in [0.15, 0.2) is 0 Å². The molecule has 1 amide bonds. The number of carbonyl (C=O) groups is 1. The molecular weight excluding hydrogens is 264 g/mol.